The van der Waals surface area contributed by atoms with Crippen molar-refractivity contribution in [2.24, 2.45) is 5.92 Å². The van der Waals surface area contributed by atoms with Crippen LogP contribution in [0.5, 0.6) is 11.5 Å². The summed E-state index contributed by atoms with van der Waals surface area (Å²) in [5, 5.41) is 33.4. The molecule has 9 nitrogen and oxygen atoms in total. The molecule has 2 aliphatic rings. The van der Waals surface area contributed by atoms with E-state index in [1.54, 1.807) is 23.1 Å². The number of carbonyl (C=O) groups excluding carboxylic acids is 2. The third-order valence-corrected chi connectivity index (χ3v) is 8.90. The van der Waals surface area contributed by atoms with Gasteiger partial charge in [-0.05, 0) is 64.3 Å². The van der Waals surface area contributed by atoms with E-state index in [4.69, 9.17) is 9.47 Å². The van der Waals surface area contributed by atoms with E-state index in [1.165, 1.54) is 20.0 Å². The molecular formula is C32H41IN2O7. The molecule has 10 heteroatoms. The van der Waals surface area contributed by atoms with E-state index in [9.17, 15) is 24.9 Å². The van der Waals surface area contributed by atoms with E-state index < -0.39 is 18.2 Å². The van der Waals surface area contributed by atoms with Crippen LogP contribution in [0.4, 0.5) is 0 Å². The predicted molar refractivity (Wildman–Crippen MR) is 167 cm³/mol. The van der Waals surface area contributed by atoms with Crippen LogP contribution in [0.15, 0.2) is 54.1 Å². The van der Waals surface area contributed by atoms with Crippen LogP contribution < -0.4 is 14.8 Å². The fourth-order valence-electron chi connectivity index (χ4n) is 5.84. The molecule has 2 aliphatic carbocycles. The topological polar surface area (TPSA) is 129 Å². The van der Waals surface area contributed by atoms with Gasteiger partial charge in [-0.3, -0.25) is 9.59 Å². The lowest BCUT2D eigenvalue weighted by Gasteiger charge is -2.41. The molecule has 42 heavy (non-hydrogen) atoms. The Balaban J connectivity index is 1.67. The van der Waals surface area contributed by atoms with Gasteiger partial charge < -0.3 is 35.0 Å². The lowest BCUT2D eigenvalue weighted by atomic mass is 9.87. The number of halogens is 1. The van der Waals surface area contributed by atoms with Gasteiger partial charge in [0.05, 0.1) is 29.9 Å². The fourth-order valence-corrected chi connectivity index (χ4v) is 6.63. The van der Waals surface area contributed by atoms with Gasteiger partial charge in [0.2, 0.25) is 11.8 Å². The number of hydrogen-bond donors (Lipinski definition) is 4. The Labute approximate surface area is 261 Å². The molecule has 0 spiro atoms. The first-order valence-electron chi connectivity index (χ1n) is 14.6. The van der Waals surface area contributed by atoms with E-state index in [0.717, 1.165) is 24.8 Å². The van der Waals surface area contributed by atoms with Gasteiger partial charge in [0, 0.05) is 31.5 Å². The molecular weight excluding hydrogens is 651 g/mol. The Hall–Kier alpha value is -2.67. The molecule has 2 amide bonds. The number of ether oxygens (including phenoxy) is 2. The number of rotatable bonds is 13. The Bertz CT molecular complexity index is 1230. The van der Waals surface area contributed by atoms with Gasteiger partial charge in [-0.2, -0.15) is 0 Å². The number of nitrogens with one attached hydrogen (secondary N) is 1. The van der Waals surface area contributed by atoms with Gasteiger partial charge in [0.15, 0.2) is 11.5 Å². The second-order valence-corrected chi connectivity index (χ2v) is 12.1. The van der Waals surface area contributed by atoms with E-state index in [2.05, 4.69) is 27.9 Å². The third-order valence-electron chi connectivity index (χ3n) is 8.10. The smallest absolute Gasteiger partial charge is 0.247 e. The number of aliphatic hydroxyl groups is 3. The summed E-state index contributed by atoms with van der Waals surface area (Å²) in [7, 11) is 1.49. The van der Waals surface area contributed by atoms with Crippen LogP contribution >= 0.6 is 22.6 Å². The molecule has 228 valence electrons. The number of methoxy groups -OCH3 is 1. The summed E-state index contributed by atoms with van der Waals surface area (Å²) in [4.78, 5) is 28.7. The zero-order valence-electron chi connectivity index (χ0n) is 24.0. The third kappa shape index (κ3) is 8.24. The van der Waals surface area contributed by atoms with Crippen molar-refractivity contribution >= 4 is 34.4 Å². The zero-order valence-corrected chi connectivity index (χ0v) is 26.2. The largest absolute Gasteiger partial charge is 0.493 e. The van der Waals surface area contributed by atoms with Gasteiger partial charge in [-0.25, -0.2) is 0 Å². The van der Waals surface area contributed by atoms with Crippen molar-refractivity contribution in [3.63, 3.8) is 0 Å². The molecule has 0 aromatic heterocycles. The van der Waals surface area contributed by atoms with Crippen LogP contribution in [0.2, 0.25) is 0 Å². The molecule has 0 unspecified atom stereocenters. The van der Waals surface area contributed by atoms with E-state index >= 15 is 0 Å². The highest BCUT2D eigenvalue weighted by Gasteiger charge is 2.41. The first kappa shape index (κ1) is 32.2. The van der Waals surface area contributed by atoms with Crippen molar-refractivity contribution in [3.05, 3.63) is 68.8 Å². The maximum absolute atomic E-state index is 13.9. The summed E-state index contributed by atoms with van der Waals surface area (Å²) in [5.41, 5.74) is 1.94. The monoisotopic (exact) mass is 692 g/mol. The van der Waals surface area contributed by atoms with Crippen molar-refractivity contribution in [1.82, 2.24) is 10.2 Å². The standard InChI is InChI=1S/C32H41IN2O7/c1-41-28-16-23(20-37)15-25(33)31(28)42-27-18-24(32(40)34-13-14-36)17-26(30(27)39)35(19-22-9-3-2-4-10-22)29(38)12-11-21-7-5-6-8-21/h2-4,9-10,15-16,18,21,26-27,30,36-37,39H,5-8,11-14,17,19-20H2,1H3,(H,34,40)/t26-,27+,30+/m1/s1. The van der Waals surface area contributed by atoms with Crippen molar-refractivity contribution in [3.8, 4) is 11.5 Å². The quantitative estimate of drug-likeness (QED) is 0.236. The van der Waals surface area contributed by atoms with Crippen molar-refractivity contribution in [1.29, 1.82) is 0 Å². The highest BCUT2D eigenvalue weighted by molar-refractivity contribution is 14.1. The van der Waals surface area contributed by atoms with Crippen molar-refractivity contribution < 1.29 is 34.4 Å². The molecule has 0 heterocycles. The van der Waals surface area contributed by atoms with Crippen LogP contribution in [0, 0.1) is 9.49 Å². The molecule has 0 bridgehead atoms. The van der Waals surface area contributed by atoms with Crippen LogP contribution in [-0.4, -0.2) is 70.5 Å². The second kappa shape index (κ2) is 15.7. The summed E-state index contributed by atoms with van der Waals surface area (Å²) in [6.07, 6.45) is 5.47. The number of hydrogen-bond acceptors (Lipinski definition) is 7. The summed E-state index contributed by atoms with van der Waals surface area (Å²) < 4.78 is 12.5. The number of benzene rings is 2. The number of amides is 2. The normalized spacial score (nSPS) is 20.6. The summed E-state index contributed by atoms with van der Waals surface area (Å²) in [6.45, 7) is -0.0155. The first-order chi connectivity index (χ1) is 20.3. The minimum absolute atomic E-state index is 0.0648. The number of carbonyl (C=O) groups is 2. The summed E-state index contributed by atoms with van der Waals surface area (Å²) in [6, 6.07) is 12.3. The molecule has 0 saturated heterocycles. The molecule has 4 rings (SSSR count). The molecule has 1 saturated carbocycles. The zero-order chi connectivity index (χ0) is 30.1. The Kier molecular flexibility index (Phi) is 12.1. The first-order valence-corrected chi connectivity index (χ1v) is 15.7. The van der Waals surface area contributed by atoms with Crippen molar-refractivity contribution in [2.75, 3.05) is 20.3 Å². The van der Waals surface area contributed by atoms with Gasteiger partial charge in [0.1, 0.15) is 12.2 Å². The fraction of sp³-hybridized carbons (Fsp3) is 0.500. The second-order valence-electron chi connectivity index (χ2n) is 11.0. The van der Waals surface area contributed by atoms with Gasteiger partial charge in [0.25, 0.3) is 0 Å². The van der Waals surface area contributed by atoms with E-state index in [-0.39, 0.29) is 44.5 Å². The lowest BCUT2D eigenvalue weighted by Crippen LogP contribution is -2.54. The van der Waals surface area contributed by atoms with Gasteiger partial charge >= 0.3 is 0 Å². The number of nitrogens with zero attached hydrogens (tertiary/aromatic N) is 1. The Morgan fingerprint density at radius 3 is 2.50 bits per heavy atom. The summed E-state index contributed by atoms with van der Waals surface area (Å²) >= 11 is 2.08. The maximum Gasteiger partial charge on any atom is 0.247 e. The lowest BCUT2D eigenvalue weighted by molar-refractivity contribution is -0.139. The summed E-state index contributed by atoms with van der Waals surface area (Å²) in [5.74, 6) is 0.841. The van der Waals surface area contributed by atoms with Gasteiger partial charge in [-0.1, -0.05) is 56.0 Å². The molecule has 2 aromatic rings. The van der Waals surface area contributed by atoms with E-state index in [0.29, 0.717) is 38.5 Å². The average molecular weight is 693 g/mol. The Morgan fingerprint density at radius 2 is 1.83 bits per heavy atom. The van der Waals surface area contributed by atoms with Crippen molar-refractivity contribution in [2.45, 2.75) is 76.3 Å². The van der Waals surface area contributed by atoms with Crippen LogP contribution in [-0.2, 0) is 22.7 Å². The minimum atomic E-state index is -1.14. The predicted octanol–water partition coefficient (Wildman–Crippen LogP) is 3.71. The highest BCUT2D eigenvalue weighted by Crippen LogP contribution is 2.37. The maximum atomic E-state index is 13.9. The average Bonchev–Trinajstić information content (AvgIpc) is 3.53. The van der Waals surface area contributed by atoms with E-state index in [1.807, 2.05) is 30.3 Å². The SMILES string of the molecule is COc1cc(CO)cc(I)c1O[C@H]1C=C(C(=O)NCCO)C[C@@H](N(Cc2ccccc2)C(=O)CCC2CCCC2)[C@@H]1O. The van der Waals surface area contributed by atoms with Crippen LogP contribution in [0.1, 0.15) is 56.1 Å². The molecule has 4 N–H and O–H groups in total. The minimum Gasteiger partial charge on any atom is -0.493 e. The van der Waals surface area contributed by atoms with Crippen LogP contribution in [0.3, 0.4) is 0 Å². The molecule has 0 radical (unpaired) electrons. The highest BCUT2D eigenvalue weighted by atomic mass is 127. The molecule has 2 aromatic carbocycles. The molecule has 3 atom stereocenters. The van der Waals surface area contributed by atoms with Crippen LogP contribution in [0.25, 0.3) is 0 Å². The molecule has 0 aliphatic heterocycles. The van der Waals surface area contributed by atoms with Gasteiger partial charge in [-0.15, -0.1) is 0 Å². The molecule has 1 fully saturated rings. The Morgan fingerprint density at radius 1 is 1.10 bits per heavy atom. The number of aliphatic hydroxyl groups excluding tert-OH is 3.